The second kappa shape index (κ2) is 14.3. The first-order chi connectivity index (χ1) is 11.0. The largest absolute Gasteiger partial charge is 0.481 e. The molecule has 0 radical (unpaired) electrons. The number of carboxylic acid groups (broad SMARTS) is 1. The molecule has 0 aromatic heterocycles. The summed E-state index contributed by atoms with van der Waals surface area (Å²) in [7, 11) is 0. The minimum Gasteiger partial charge on any atom is -0.481 e. The van der Waals surface area contributed by atoms with Crippen LogP contribution in [-0.4, -0.2) is 46.3 Å². The van der Waals surface area contributed by atoms with Crippen molar-refractivity contribution in [2.75, 3.05) is 13.1 Å². The summed E-state index contributed by atoms with van der Waals surface area (Å²) in [4.78, 5) is 23.4. The Hall–Kier alpha value is -1.30. The van der Waals surface area contributed by atoms with Crippen LogP contribution in [0, 0.1) is 0 Å². The Balaban J connectivity index is 3.73. The molecule has 0 fully saturated rings. The van der Waals surface area contributed by atoms with Crippen LogP contribution in [0.4, 0.5) is 4.79 Å². The number of amides is 2. The zero-order chi connectivity index (χ0) is 17.5. The van der Waals surface area contributed by atoms with E-state index in [2.05, 4.69) is 6.92 Å². The molecule has 0 spiro atoms. The number of unbranched alkanes of at least 4 members (excludes halogenated alkanes) is 5. The number of primary amides is 1. The van der Waals surface area contributed by atoms with E-state index in [4.69, 9.17) is 10.8 Å². The van der Waals surface area contributed by atoms with Crippen molar-refractivity contribution in [2.24, 2.45) is 5.73 Å². The second-order valence-electron chi connectivity index (χ2n) is 6.18. The van der Waals surface area contributed by atoms with E-state index >= 15 is 0 Å². The van der Waals surface area contributed by atoms with Crippen LogP contribution in [0.5, 0.6) is 0 Å². The van der Waals surface area contributed by atoms with Gasteiger partial charge in [0.15, 0.2) is 0 Å². The Kier molecular flexibility index (Phi) is 13.5. The molecule has 1 atom stereocenters. The van der Waals surface area contributed by atoms with E-state index in [1.54, 1.807) is 4.90 Å². The summed E-state index contributed by atoms with van der Waals surface area (Å²) in [6.45, 7) is 3.32. The Morgan fingerprint density at radius 3 is 2.17 bits per heavy atom. The topological polar surface area (TPSA) is 104 Å². The summed E-state index contributed by atoms with van der Waals surface area (Å²) in [5.74, 6) is -0.763. The Morgan fingerprint density at radius 1 is 0.957 bits per heavy atom. The van der Waals surface area contributed by atoms with Crippen LogP contribution >= 0.6 is 0 Å². The normalized spacial score (nSPS) is 12.1. The molecule has 0 aliphatic carbocycles. The van der Waals surface area contributed by atoms with E-state index in [1.165, 1.54) is 0 Å². The van der Waals surface area contributed by atoms with Gasteiger partial charge >= 0.3 is 12.0 Å². The van der Waals surface area contributed by atoms with Crippen molar-refractivity contribution in [3.8, 4) is 0 Å². The fourth-order valence-corrected chi connectivity index (χ4v) is 2.56. The lowest BCUT2D eigenvalue weighted by Crippen LogP contribution is -2.37. The SMILES string of the molecule is CCCCCC(O)CCCN(CCCCCCC(=O)O)C(N)=O. The average Bonchev–Trinajstić information content (AvgIpc) is 2.48. The highest BCUT2D eigenvalue weighted by molar-refractivity contribution is 5.71. The predicted octanol–water partition coefficient (Wildman–Crippen LogP) is 3.12. The molecule has 0 bridgehead atoms. The third-order valence-electron chi connectivity index (χ3n) is 3.99. The van der Waals surface area contributed by atoms with Crippen LogP contribution in [-0.2, 0) is 4.79 Å². The number of rotatable bonds is 15. The molecule has 0 aliphatic rings. The smallest absolute Gasteiger partial charge is 0.314 e. The first-order valence-corrected chi connectivity index (χ1v) is 8.91. The number of carbonyl (C=O) groups excluding carboxylic acids is 1. The first kappa shape index (κ1) is 21.7. The highest BCUT2D eigenvalue weighted by Gasteiger charge is 2.10. The van der Waals surface area contributed by atoms with Crippen LogP contribution < -0.4 is 5.73 Å². The molecule has 23 heavy (non-hydrogen) atoms. The Morgan fingerprint density at radius 2 is 1.57 bits per heavy atom. The molecule has 0 heterocycles. The summed E-state index contributed by atoms with van der Waals surface area (Å²) in [5, 5.41) is 18.4. The number of nitrogens with zero attached hydrogens (tertiary/aromatic N) is 1. The van der Waals surface area contributed by atoms with Crippen LogP contribution in [0.15, 0.2) is 0 Å². The molecule has 6 heteroatoms. The summed E-state index contributed by atoms with van der Waals surface area (Å²) < 4.78 is 0. The molecule has 0 aromatic carbocycles. The third kappa shape index (κ3) is 14.0. The molecule has 136 valence electrons. The van der Waals surface area contributed by atoms with Gasteiger partial charge in [0, 0.05) is 19.5 Å². The van der Waals surface area contributed by atoms with Gasteiger partial charge in [0.1, 0.15) is 0 Å². The van der Waals surface area contributed by atoms with Crippen LogP contribution in [0.3, 0.4) is 0 Å². The van der Waals surface area contributed by atoms with Gasteiger partial charge in [-0.2, -0.15) is 0 Å². The lowest BCUT2D eigenvalue weighted by Gasteiger charge is -2.21. The number of carbonyl (C=O) groups is 2. The molecule has 0 rings (SSSR count). The summed E-state index contributed by atoms with van der Waals surface area (Å²) in [6, 6.07) is -0.420. The monoisotopic (exact) mass is 330 g/mol. The maximum Gasteiger partial charge on any atom is 0.314 e. The van der Waals surface area contributed by atoms with Crippen molar-refractivity contribution in [1.82, 2.24) is 4.90 Å². The van der Waals surface area contributed by atoms with Crippen molar-refractivity contribution in [1.29, 1.82) is 0 Å². The molecule has 0 saturated heterocycles. The number of hydrogen-bond acceptors (Lipinski definition) is 3. The van der Waals surface area contributed by atoms with Crippen molar-refractivity contribution in [2.45, 2.75) is 83.7 Å². The molecule has 1 unspecified atom stereocenters. The van der Waals surface area contributed by atoms with E-state index in [0.717, 1.165) is 51.4 Å². The standard InChI is InChI=1S/C17H34N2O4/c1-2-3-6-10-15(20)11-9-14-19(17(18)23)13-8-5-4-7-12-16(21)22/h15,20H,2-14H2,1H3,(H2,18,23)(H,21,22). The van der Waals surface area contributed by atoms with Crippen LogP contribution in [0.2, 0.25) is 0 Å². The maximum absolute atomic E-state index is 11.4. The average molecular weight is 330 g/mol. The van der Waals surface area contributed by atoms with E-state index < -0.39 is 12.0 Å². The fraction of sp³-hybridized carbons (Fsp3) is 0.882. The zero-order valence-electron chi connectivity index (χ0n) is 14.5. The molecule has 6 nitrogen and oxygen atoms in total. The molecule has 0 saturated carbocycles. The summed E-state index contributed by atoms with van der Waals surface area (Å²) >= 11 is 0. The van der Waals surface area contributed by atoms with Gasteiger partial charge in [-0.05, 0) is 32.1 Å². The van der Waals surface area contributed by atoms with Gasteiger partial charge < -0.3 is 20.8 Å². The zero-order valence-corrected chi connectivity index (χ0v) is 14.5. The highest BCUT2D eigenvalue weighted by Crippen LogP contribution is 2.10. The molecular weight excluding hydrogens is 296 g/mol. The number of hydrogen-bond donors (Lipinski definition) is 3. The van der Waals surface area contributed by atoms with E-state index in [9.17, 15) is 14.7 Å². The molecular formula is C17H34N2O4. The van der Waals surface area contributed by atoms with Gasteiger partial charge in [-0.25, -0.2) is 4.79 Å². The molecule has 4 N–H and O–H groups in total. The number of aliphatic carboxylic acids is 1. The lowest BCUT2D eigenvalue weighted by atomic mass is 10.1. The molecule has 0 aliphatic heterocycles. The van der Waals surface area contributed by atoms with Gasteiger partial charge in [-0.1, -0.05) is 39.0 Å². The number of nitrogens with two attached hydrogens (primary N) is 1. The third-order valence-corrected chi connectivity index (χ3v) is 3.99. The minimum atomic E-state index is -0.763. The van der Waals surface area contributed by atoms with E-state index in [0.29, 0.717) is 25.9 Å². The summed E-state index contributed by atoms with van der Waals surface area (Å²) in [5.41, 5.74) is 5.38. The molecule has 2 amide bonds. The molecule has 0 aromatic rings. The predicted molar refractivity (Wildman–Crippen MR) is 91.3 cm³/mol. The quantitative estimate of drug-likeness (QED) is 0.401. The number of carboxylic acids is 1. The van der Waals surface area contributed by atoms with Gasteiger partial charge in [0.05, 0.1) is 6.10 Å². The highest BCUT2D eigenvalue weighted by atomic mass is 16.4. The van der Waals surface area contributed by atoms with Gasteiger partial charge in [0.2, 0.25) is 0 Å². The fourth-order valence-electron chi connectivity index (χ4n) is 2.56. The number of aliphatic hydroxyl groups is 1. The van der Waals surface area contributed by atoms with Crippen molar-refractivity contribution in [3.05, 3.63) is 0 Å². The van der Waals surface area contributed by atoms with Crippen molar-refractivity contribution in [3.63, 3.8) is 0 Å². The van der Waals surface area contributed by atoms with Crippen LogP contribution in [0.25, 0.3) is 0 Å². The van der Waals surface area contributed by atoms with E-state index in [-0.39, 0.29) is 12.5 Å². The van der Waals surface area contributed by atoms with Crippen LogP contribution in [0.1, 0.15) is 77.6 Å². The van der Waals surface area contributed by atoms with Crippen molar-refractivity contribution < 1.29 is 19.8 Å². The Bertz CT molecular complexity index is 324. The van der Waals surface area contributed by atoms with Gasteiger partial charge in [0.25, 0.3) is 0 Å². The number of urea groups is 1. The van der Waals surface area contributed by atoms with Gasteiger partial charge in [-0.3, -0.25) is 4.79 Å². The summed E-state index contributed by atoms with van der Waals surface area (Å²) in [6.07, 6.45) is 8.81. The minimum absolute atomic E-state index is 0.204. The second-order valence-corrected chi connectivity index (χ2v) is 6.18. The van der Waals surface area contributed by atoms with Gasteiger partial charge in [-0.15, -0.1) is 0 Å². The number of aliphatic hydroxyl groups excluding tert-OH is 1. The first-order valence-electron chi connectivity index (χ1n) is 8.91. The lowest BCUT2D eigenvalue weighted by molar-refractivity contribution is -0.137. The Labute approximate surface area is 140 Å². The maximum atomic E-state index is 11.4. The van der Waals surface area contributed by atoms with E-state index in [1.807, 2.05) is 0 Å². The van der Waals surface area contributed by atoms with Crippen molar-refractivity contribution >= 4 is 12.0 Å².